The van der Waals surface area contributed by atoms with E-state index in [4.69, 9.17) is 0 Å². The molecule has 2 nitrogen and oxygen atoms in total. The zero-order valence-electron chi connectivity index (χ0n) is 9.09. The summed E-state index contributed by atoms with van der Waals surface area (Å²) in [6.45, 7) is 5.67. The maximum absolute atomic E-state index is 10.8. The molecule has 0 aromatic heterocycles. The fraction of sp³-hybridized carbons (Fsp3) is 0.750. The molecule has 1 rings (SSSR count). The van der Waals surface area contributed by atoms with Gasteiger partial charge in [0.2, 0.25) is 0 Å². The first-order valence-corrected chi connectivity index (χ1v) is 5.59. The average molecular weight is 195 g/mol. The fourth-order valence-electron chi connectivity index (χ4n) is 2.25. The highest BCUT2D eigenvalue weighted by molar-refractivity contribution is 5.58. The third kappa shape index (κ3) is 3.95. The van der Waals surface area contributed by atoms with Gasteiger partial charge in [0.15, 0.2) is 0 Å². The van der Waals surface area contributed by atoms with Crippen LogP contribution in [0.1, 0.15) is 45.4 Å². The maximum atomic E-state index is 10.8. The standard InChI is InChI=1S/C12H21NO/c1-10(2)13-12(9-14)8-11-6-4-3-5-7-11/h9,11-13H,1,3-8H2,2H3/t12-/m0/s1. The summed E-state index contributed by atoms with van der Waals surface area (Å²) in [6.07, 6.45) is 8.63. The largest absolute Gasteiger partial charge is 0.380 e. The second kappa shape index (κ2) is 5.84. The van der Waals surface area contributed by atoms with Crippen molar-refractivity contribution in [3.63, 3.8) is 0 Å². The molecule has 1 saturated carbocycles. The fourth-order valence-corrected chi connectivity index (χ4v) is 2.25. The van der Waals surface area contributed by atoms with E-state index in [2.05, 4.69) is 11.9 Å². The normalized spacial score (nSPS) is 20.1. The number of hydrogen-bond acceptors (Lipinski definition) is 2. The summed E-state index contributed by atoms with van der Waals surface area (Å²) in [7, 11) is 0. The number of hydrogen-bond donors (Lipinski definition) is 1. The average Bonchev–Trinajstić information content (AvgIpc) is 2.17. The van der Waals surface area contributed by atoms with Crippen molar-refractivity contribution in [1.29, 1.82) is 0 Å². The predicted molar refractivity (Wildman–Crippen MR) is 59.0 cm³/mol. The van der Waals surface area contributed by atoms with Gasteiger partial charge in [0, 0.05) is 5.70 Å². The van der Waals surface area contributed by atoms with Crippen LogP contribution in [-0.4, -0.2) is 12.3 Å². The van der Waals surface area contributed by atoms with E-state index < -0.39 is 0 Å². The molecule has 80 valence electrons. The molecule has 2 heteroatoms. The molecule has 14 heavy (non-hydrogen) atoms. The number of aldehydes is 1. The van der Waals surface area contributed by atoms with Crippen molar-refractivity contribution >= 4 is 6.29 Å². The van der Waals surface area contributed by atoms with Gasteiger partial charge in [0.1, 0.15) is 6.29 Å². The highest BCUT2D eigenvalue weighted by Gasteiger charge is 2.18. The number of rotatable bonds is 5. The van der Waals surface area contributed by atoms with Crippen LogP contribution >= 0.6 is 0 Å². The lowest BCUT2D eigenvalue weighted by atomic mass is 9.85. The van der Waals surface area contributed by atoms with Gasteiger partial charge in [-0.25, -0.2) is 0 Å². The summed E-state index contributed by atoms with van der Waals surface area (Å²) < 4.78 is 0. The monoisotopic (exact) mass is 195 g/mol. The minimum absolute atomic E-state index is 0.0180. The van der Waals surface area contributed by atoms with Crippen molar-refractivity contribution in [2.75, 3.05) is 0 Å². The van der Waals surface area contributed by atoms with Gasteiger partial charge in [-0.2, -0.15) is 0 Å². The van der Waals surface area contributed by atoms with Crippen LogP contribution in [0.25, 0.3) is 0 Å². The van der Waals surface area contributed by atoms with Crippen LogP contribution in [0.2, 0.25) is 0 Å². The Morgan fingerprint density at radius 2 is 2.14 bits per heavy atom. The van der Waals surface area contributed by atoms with Gasteiger partial charge in [0.25, 0.3) is 0 Å². The smallest absolute Gasteiger partial charge is 0.142 e. The molecule has 0 amide bonds. The van der Waals surface area contributed by atoms with Gasteiger partial charge in [-0.1, -0.05) is 38.7 Å². The van der Waals surface area contributed by atoms with Gasteiger partial charge >= 0.3 is 0 Å². The maximum Gasteiger partial charge on any atom is 0.142 e. The molecule has 0 unspecified atom stereocenters. The van der Waals surface area contributed by atoms with Crippen LogP contribution in [0.5, 0.6) is 0 Å². The zero-order valence-corrected chi connectivity index (χ0v) is 9.09. The first kappa shape index (κ1) is 11.3. The van der Waals surface area contributed by atoms with Gasteiger partial charge in [-0.05, 0) is 19.3 Å². The Kier molecular flexibility index (Phi) is 4.71. The Morgan fingerprint density at radius 3 is 2.64 bits per heavy atom. The molecule has 0 aromatic carbocycles. The summed E-state index contributed by atoms with van der Waals surface area (Å²) in [5.41, 5.74) is 0.887. The molecular weight excluding hydrogens is 174 g/mol. The van der Waals surface area contributed by atoms with Crippen molar-refractivity contribution in [2.24, 2.45) is 5.92 Å². The molecule has 1 aliphatic rings. The van der Waals surface area contributed by atoms with E-state index in [9.17, 15) is 4.79 Å². The van der Waals surface area contributed by atoms with Crippen LogP contribution < -0.4 is 5.32 Å². The predicted octanol–water partition coefficient (Wildman–Crippen LogP) is 2.65. The third-order valence-corrected chi connectivity index (χ3v) is 2.91. The van der Waals surface area contributed by atoms with Crippen LogP contribution in [0.4, 0.5) is 0 Å². The van der Waals surface area contributed by atoms with E-state index in [1.165, 1.54) is 32.1 Å². The lowest BCUT2D eigenvalue weighted by Crippen LogP contribution is -2.31. The molecule has 0 spiro atoms. The highest BCUT2D eigenvalue weighted by Crippen LogP contribution is 2.27. The summed E-state index contributed by atoms with van der Waals surface area (Å²) in [4.78, 5) is 10.8. The molecule has 0 saturated heterocycles. The van der Waals surface area contributed by atoms with Crippen molar-refractivity contribution < 1.29 is 4.79 Å². The summed E-state index contributed by atoms with van der Waals surface area (Å²) >= 11 is 0. The number of nitrogens with one attached hydrogen (secondary N) is 1. The SMILES string of the molecule is C=C(C)N[C@H](C=O)CC1CCCCC1. The first-order valence-electron chi connectivity index (χ1n) is 5.59. The molecule has 0 radical (unpaired) electrons. The quantitative estimate of drug-likeness (QED) is 0.683. The Balaban J connectivity index is 2.30. The second-order valence-corrected chi connectivity index (χ2v) is 4.41. The van der Waals surface area contributed by atoms with E-state index in [1.54, 1.807) is 0 Å². The van der Waals surface area contributed by atoms with E-state index in [1.807, 2.05) is 6.92 Å². The number of carbonyl (C=O) groups is 1. The third-order valence-electron chi connectivity index (χ3n) is 2.91. The first-order chi connectivity index (χ1) is 6.72. The van der Waals surface area contributed by atoms with Crippen LogP contribution in [0, 0.1) is 5.92 Å². The number of allylic oxidation sites excluding steroid dienone is 1. The molecule has 1 aliphatic carbocycles. The minimum atomic E-state index is -0.0180. The zero-order chi connectivity index (χ0) is 10.4. The van der Waals surface area contributed by atoms with Crippen LogP contribution in [0.3, 0.4) is 0 Å². The topological polar surface area (TPSA) is 29.1 Å². The minimum Gasteiger partial charge on any atom is -0.380 e. The van der Waals surface area contributed by atoms with Crippen LogP contribution in [0.15, 0.2) is 12.3 Å². The molecule has 0 aliphatic heterocycles. The van der Waals surface area contributed by atoms with E-state index in [0.717, 1.165) is 24.3 Å². The van der Waals surface area contributed by atoms with E-state index in [-0.39, 0.29) is 6.04 Å². The molecule has 1 atom stereocenters. The Labute approximate surface area is 86.8 Å². The molecule has 0 bridgehead atoms. The Bertz CT molecular complexity index is 194. The Morgan fingerprint density at radius 1 is 1.50 bits per heavy atom. The molecule has 0 heterocycles. The van der Waals surface area contributed by atoms with Gasteiger partial charge in [-0.3, -0.25) is 0 Å². The van der Waals surface area contributed by atoms with E-state index >= 15 is 0 Å². The Hall–Kier alpha value is -0.790. The second-order valence-electron chi connectivity index (χ2n) is 4.41. The summed E-state index contributed by atoms with van der Waals surface area (Å²) in [6, 6.07) is -0.0180. The van der Waals surface area contributed by atoms with Crippen molar-refractivity contribution in [3.8, 4) is 0 Å². The lowest BCUT2D eigenvalue weighted by molar-refractivity contribution is -0.109. The molecule has 1 N–H and O–H groups in total. The van der Waals surface area contributed by atoms with Crippen molar-refractivity contribution in [2.45, 2.75) is 51.5 Å². The number of carbonyl (C=O) groups excluding carboxylic acids is 1. The van der Waals surface area contributed by atoms with Crippen molar-refractivity contribution in [1.82, 2.24) is 5.32 Å². The lowest BCUT2D eigenvalue weighted by Gasteiger charge is -2.24. The van der Waals surface area contributed by atoms with E-state index in [0.29, 0.717) is 0 Å². The summed E-state index contributed by atoms with van der Waals surface area (Å²) in [5.74, 6) is 0.741. The molecule has 0 aromatic rings. The molecular formula is C12H21NO. The van der Waals surface area contributed by atoms with Gasteiger partial charge < -0.3 is 10.1 Å². The van der Waals surface area contributed by atoms with Crippen molar-refractivity contribution in [3.05, 3.63) is 12.3 Å². The molecule has 1 fully saturated rings. The van der Waals surface area contributed by atoms with Gasteiger partial charge in [0.05, 0.1) is 6.04 Å². The van der Waals surface area contributed by atoms with Gasteiger partial charge in [-0.15, -0.1) is 0 Å². The summed E-state index contributed by atoms with van der Waals surface area (Å²) in [5, 5.41) is 3.11. The van der Waals surface area contributed by atoms with Crippen LogP contribution in [-0.2, 0) is 4.79 Å². The highest BCUT2D eigenvalue weighted by atomic mass is 16.1.